The molecule has 150 valence electrons. The summed E-state index contributed by atoms with van der Waals surface area (Å²) in [5, 5.41) is 4.93. The molecule has 1 aromatic heterocycles. The predicted octanol–water partition coefficient (Wildman–Crippen LogP) is 5.23. The summed E-state index contributed by atoms with van der Waals surface area (Å²) in [5.41, 5.74) is 3.07. The molecule has 1 aliphatic heterocycles. The number of thiazole rings is 1. The van der Waals surface area contributed by atoms with E-state index in [-0.39, 0.29) is 17.5 Å². The Morgan fingerprint density at radius 1 is 1.31 bits per heavy atom. The first-order chi connectivity index (χ1) is 13.9. The normalized spacial score (nSPS) is 14.0. The first kappa shape index (κ1) is 19.7. The average Bonchev–Trinajstić information content (AvgIpc) is 3.05. The van der Waals surface area contributed by atoms with Crippen LogP contribution in [0.25, 0.3) is 11.3 Å². The van der Waals surface area contributed by atoms with Gasteiger partial charge in [-0.2, -0.15) is 0 Å². The van der Waals surface area contributed by atoms with E-state index in [9.17, 15) is 9.18 Å². The molecular weight excluding hydrogens is 413 g/mol. The average molecular weight is 432 g/mol. The summed E-state index contributed by atoms with van der Waals surface area (Å²) >= 11 is 7.25. The van der Waals surface area contributed by atoms with Crippen molar-refractivity contribution >= 4 is 40.2 Å². The molecule has 1 aliphatic rings. The lowest BCUT2D eigenvalue weighted by molar-refractivity contribution is -0.118. The molecule has 29 heavy (non-hydrogen) atoms. The van der Waals surface area contributed by atoms with E-state index in [4.69, 9.17) is 16.3 Å². The molecule has 0 saturated heterocycles. The summed E-state index contributed by atoms with van der Waals surface area (Å²) < 4.78 is 21.4. The largest absolute Gasteiger partial charge is 0.482 e. The number of carbonyl (C=O) groups excluding carboxylic acids is 1. The minimum Gasteiger partial charge on any atom is -0.482 e. The van der Waals surface area contributed by atoms with Crippen molar-refractivity contribution < 1.29 is 13.9 Å². The highest BCUT2D eigenvalue weighted by Gasteiger charge is 2.18. The minimum absolute atomic E-state index is 0.0266. The van der Waals surface area contributed by atoms with Crippen molar-refractivity contribution in [1.82, 2.24) is 4.57 Å². The number of amides is 1. The van der Waals surface area contributed by atoms with Crippen LogP contribution in [0, 0.1) is 11.7 Å². The van der Waals surface area contributed by atoms with Crippen LogP contribution in [0.15, 0.2) is 46.8 Å². The van der Waals surface area contributed by atoms with Gasteiger partial charge in [0.15, 0.2) is 11.4 Å². The number of fused-ring (bicyclic) bond motifs is 1. The Morgan fingerprint density at radius 3 is 2.90 bits per heavy atom. The van der Waals surface area contributed by atoms with E-state index in [1.807, 2.05) is 23.6 Å². The zero-order chi connectivity index (χ0) is 20.5. The SMILES string of the molecule is CC(C)Cn1c(-c2ccc3c(c2)NC(=O)CO3)csc1=Nc1ccc(Cl)c(F)c1. The van der Waals surface area contributed by atoms with E-state index in [0.717, 1.165) is 22.6 Å². The predicted molar refractivity (Wildman–Crippen MR) is 113 cm³/mol. The van der Waals surface area contributed by atoms with E-state index >= 15 is 0 Å². The van der Waals surface area contributed by atoms with Gasteiger partial charge < -0.3 is 14.6 Å². The Labute approximate surface area is 176 Å². The van der Waals surface area contributed by atoms with Crippen LogP contribution in [0.2, 0.25) is 5.02 Å². The van der Waals surface area contributed by atoms with Gasteiger partial charge in [-0.1, -0.05) is 25.4 Å². The molecule has 0 spiro atoms. The maximum Gasteiger partial charge on any atom is 0.262 e. The number of nitrogens with zero attached hydrogens (tertiary/aromatic N) is 2. The molecule has 3 aromatic rings. The second-order valence-corrected chi connectivity index (χ2v) is 8.41. The number of benzene rings is 2. The van der Waals surface area contributed by atoms with Crippen LogP contribution in [-0.4, -0.2) is 17.1 Å². The second-order valence-electron chi connectivity index (χ2n) is 7.17. The van der Waals surface area contributed by atoms with Crippen molar-refractivity contribution in [2.45, 2.75) is 20.4 Å². The Morgan fingerprint density at radius 2 is 2.14 bits per heavy atom. The number of carbonyl (C=O) groups is 1. The lowest BCUT2D eigenvalue weighted by atomic mass is 10.1. The molecule has 8 heteroatoms. The standard InChI is InChI=1S/C21H19ClFN3O2S/c1-12(2)9-26-18(13-3-6-19-17(7-13)25-20(27)10-28-19)11-29-21(26)24-14-4-5-15(22)16(23)8-14/h3-8,11-12H,9-10H2,1-2H3,(H,25,27). The monoisotopic (exact) mass is 431 g/mol. The van der Waals surface area contributed by atoms with Crippen LogP contribution >= 0.6 is 22.9 Å². The summed E-state index contributed by atoms with van der Waals surface area (Å²) in [6, 6.07) is 10.2. The number of rotatable bonds is 4. The van der Waals surface area contributed by atoms with Gasteiger partial charge in [-0.15, -0.1) is 11.3 Å². The van der Waals surface area contributed by atoms with Gasteiger partial charge in [0.2, 0.25) is 0 Å². The van der Waals surface area contributed by atoms with E-state index in [1.165, 1.54) is 23.5 Å². The molecule has 1 N–H and O–H groups in total. The molecule has 0 saturated carbocycles. The zero-order valence-electron chi connectivity index (χ0n) is 15.9. The van der Waals surface area contributed by atoms with Crippen molar-refractivity contribution in [3.05, 3.63) is 57.4 Å². The fraction of sp³-hybridized carbons (Fsp3) is 0.238. The fourth-order valence-electron chi connectivity index (χ4n) is 3.10. The first-order valence-electron chi connectivity index (χ1n) is 9.16. The minimum atomic E-state index is -0.495. The third-order valence-electron chi connectivity index (χ3n) is 4.38. The van der Waals surface area contributed by atoms with Crippen molar-refractivity contribution in [2.75, 3.05) is 11.9 Å². The molecule has 0 aliphatic carbocycles. The topological polar surface area (TPSA) is 55.6 Å². The van der Waals surface area contributed by atoms with Crippen LogP contribution < -0.4 is 14.9 Å². The van der Waals surface area contributed by atoms with Gasteiger partial charge in [0.05, 0.1) is 22.1 Å². The molecule has 1 amide bonds. The summed E-state index contributed by atoms with van der Waals surface area (Å²) in [7, 11) is 0. The highest BCUT2D eigenvalue weighted by molar-refractivity contribution is 7.07. The molecule has 0 unspecified atom stereocenters. The Bertz CT molecular complexity index is 1150. The molecule has 0 radical (unpaired) electrons. The van der Waals surface area contributed by atoms with Gasteiger partial charge in [-0.05, 0) is 36.2 Å². The molecule has 0 bridgehead atoms. The summed E-state index contributed by atoms with van der Waals surface area (Å²) in [6.45, 7) is 5.02. The maximum absolute atomic E-state index is 13.8. The fourth-order valence-corrected chi connectivity index (χ4v) is 4.15. The van der Waals surface area contributed by atoms with Gasteiger partial charge >= 0.3 is 0 Å². The van der Waals surface area contributed by atoms with Crippen molar-refractivity contribution in [3.8, 4) is 17.0 Å². The Kier molecular flexibility index (Phi) is 5.43. The van der Waals surface area contributed by atoms with Gasteiger partial charge in [0, 0.05) is 23.6 Å². The van der Waals surface area contributed by atoms with Crippen LogP contribution in [0.4, 0.5) is 15.8 Å². The van der Waals surface area contributed by atoms with Crippen LogP contribution in [-0.2, 0) is 11.3 Å². The summed E-state index contributed by atoms with van der Waals surface area (Å²) in [4.78, 5) is 17.0. The number of hydrogen-bond acceptors (Lipinski definition) is 4. The highest BCUT2D eigenvalue weighted by atomic mass is 35.5. The number of nitrogens with one attached hydrogen (secondary N) is 1. The van der Waals surface area contributed by atoms with Crippen LogP contribution in [0.5, 0.6) is 5.75 Å². The summed E-state index contributed by atoms with van der Waals surface area (Å²) in [6.07, 6.45) is 0. The Balaban J connectivity index is 1.80. The lowest BCUT2D eigenvalue weighted by Gasteiger charge is -2.19. The maximum atomic E-state index is 13.8. The number of ether oxygens (including phenoxy) is 1. The van der Waals surface area contributed by atoms with Crippen molar-refractivity contribution in [3.63, 3.8) is 0 Å². The highest BCUT2D eigenvalue weighted by Crippen LogP contribution is 2.33. The molecular formula is C21H19ClFN3O2S. The first-order valence-corrected chi connectivity index (χ1v) is 10.4. The molecule has 2 aromatic carbocycles. The summed E-state index contributed by atoms with van der Waals surface area (Å²) in [5.74, 6) is 0.367. The van der Waals surface area contributed by atoms with Crippen LogP contribution in [0.3, 0.4) is 0 Å². The molecule has 4 rings (SSSR count). The molecule has 2 heterocycles. The third kappa shape index (κ3) is 4.21. The van der Waals surface area contributed by atoms with Gasteiger partial charge in [-0.3, -0.25) is 4.79 Å². The van der Waals surface area contributed by atoms with Crippen molar-refractivity contribution in [1.29, 1.82) is 0 Å². The second kappa shape index (κ2) is 8.00. The number of aromatic nitrogens is 1. The van der Waals surface area contributed by atoms with E-state index in [1.54, 1.807) is 6.07 Å². The van der Waals surface area contributed by atoms with Gasteiger partial charge in [0.1, 0.15) is 11.6 Å². The zero-order valence-corrected chi connectivity index (χ0v) is 17.5. The molecule has 5 nitrogen and oxygen atoms in total. The third-order valence-corrected chi connectivity index (χ3v) is 5.55. The smallest absolute Gasteiger partial charge is 0.262 e. The van der Waals surface area contributed by atoms with Crippen molar-refractivity contribution in [2.24, 2.45) is 10.9 Å². The number of hydrogen-bond donors (Lipinski definition) is 1. The van der Waals surface area contributed by atoms with E-state index in [2.05, 4.69) is 28.7 Å². The number of anilines is 1. The Hall–Kier alpha value is -2.64. The molecule has 0 fully saturated rings. The number of halogens is 2. The quantitative estimate of drug-likeness (QED) is 0.615. The van der Waals surface area contributed by atoms with Gasteiger partial charge in [0.25, 0.3) is 5.91 Å². The van der Waals surface area contributed by atoms with E-state index < -0.39 is 5.82 Å². The molecule has 0 atom stereocenters. The van der Waals surface area contributed by atoms with Gasteiger partial charge in [-0.25, -0.2) is 9.38 Å². The van der Waals surface area contributed by atoms with E-state index in [0.29, 0.717) is 23.0 Å². The lowest BCUT2D eigenvalue weighted by Crippen LogP contribution is -2.25. The van der Waals surface area contributed by atoms with Crippen LogP contribution in [0.1, 0.15) is 13.8 Å².